The molecule has 0 bridgehead atoms. The van der Waals surface area contributed by atoms with Crippen molar-refractivity contribution in [2.24, 2.45) is 0 Å². The Bertz CT molecular complexity index is 930. The molecule has 1 saturated heterocycles. The molecule has 6 nitrogen and oxygen atoms in total. The lowest BCUT2D eigenvalue weighted by Crippen LogP contribution is -2.29. The third-order valence-corrected chi connectivity index (χ3v) is 6.17. The van der Waals surface area contributed by atoms with E-state index in [1.54, 1.807) is 18.2 Å². The zero-order chi connectivity index (χ0) is 20.0. The number of sulfonamides is 1. The van der Waals surface area contributed by atoms with Crippen LogP contribution in [0.2, 0.25) is 0 Å². The van der Waals surface area contributed by atoms with Gasteiger partial charge in [0.15, 0.2) is 0 Å². The van der Waals surface area contributed by atoms with Crippen LogP contribution in [-0.2, 0) is 14.8 Å². The Kier molecular flexibility index (Phi) is 6.49. The summed E-state index contributed by atoms with van der Waals surface area (Å²) in [4.78, 5) is 14.7. The van der Waals surface area contributed by atoms with Gasteiger partial charge in [0, 0.05) is 30.5 Å². The predicted octanol–water partition coefficient (Wildman–Crippen LogP) is 3.24. The summed E-state index contributed by atoms with van der Waals surface area (Å²) >= 11 is 0. The number of amides is 1. The molecule has 0 unspecified atom stereocenters. The maximum absolute atomic E-state index is 12.1. The summed E-state index contributed by atoms with van der Waals surface area (Å²) in [5, 5.41) is 2.84. The van der Waals surface area contributed by atoms with E-state index >= 15 is 0 Å². The van der Waals surface area contributed by atoms with Crippen LogP contribution >= 0.6 is 0 Å². The number of nitrogens with one attached hydrogen (secondary N) is 2. The molecular formula is C21H25N3O3S. The van der Waals surface area contributed by atoms with E-state index < -0.39 is 10.0 Å². The van der Waals surface area contributed by atoms with E-state index in [1.807, 2.05) is 24.3 Å². The lowest BCUT2D eigenvalue weighted by Gasteiger charge is -2.28. The number of hydrogen-bond acceptors (Lipinski definition) is 4. The molecule has 0 saturated carbocycles. The standard InChI is InChI=1S/C21H25N3O3S/c1-22-28(26,27)20-12-5-17(6-13-20)7-14-21(25)23-18-8-10-19(11-9-18)24-15-3-2-4-16-24/h5-14,22H,2-4,15-16H2,1H3,(H,23,25)/b14-7+. The molecular weight excluding hydrogens is 374 g/mol. The molecule has 0 aliphatic carbocycles. The van der Waals surface area contributed by atoms with Gasteiger partial charge in [0.2, 0.25) is 15.9 Å². The van der Waals surface area contributed by atoms with Crippen molar-refractivity contribution in [3.05, 3.63) is 60.2 Å². The minimum Gasteiger partial charge on any atom is -0.372 e. The molecule has 1 aliphatic heterocycles. The highest BCUT2D eigenvalue weighted by Gasteiger charge is 2.11. The van der Waals surface area contributed by atoms with Crippen LogP contribution in [0, 0.1) is 0 Å². The smallest absolute Gasteiger partial charge is 0.248 e. The maximum atomic E-state index is 12.1. The van der Waals surface area contributed by atoms with Crippen molar-refractivity contribution < 1.29 is 13.2 Å². The Balaban J connectivity index is 1.57. The van der Waals surface area contributed by atoms with Gasteiger partial charge < -0.3 is 10.2 Å². The summed E-state index contributed by atoms with van der Waals surface area (Å²) in [5.74, 6) is -0.238. The summed E-state index contributed by atoms with van der Waals surface area (Å²) in [5.41, 5.74) is 2.67. The average molecular weight is 400 g/mol. The first-order valence-electron chi connectivity index (χ1n) is 9.36. The second kappa shape index (κ2) is 9.03. The Morgan fingerprint density at radius 3 is 2.21 bits per heavy atom. The number of carbonyl (C=O) groups is 1. The number of hydrogen-bond donors (Lipinski definition) is 2. The molecule has 2 aromatic carbocycles. The summed E-state index contributed by atoms with van der Waals surface area (Å²) in [6, 6.07) is 14.2. The van der Waals surface area contributed by atoms with Crippen molar-refractivity contribution >= 4 is 33.4 Å². The van der Waals surface area contributed by atoms with Crippen molar-refractivity contribution in [3.63, 3.8) is 0 Å². The minimum atomic E-state index is -3.46. The van der Waals surface area contributed by atoms with Crippen LogP contribution in [0.15, 0.2) is 59.5 Å². The second-order valence-electron chi connectivity index (χ2n) is 6.69. The van der Waals surface area contributed by atoms with Crippen LogP contribution in [0.25, 0.3) is 6.08 Å². The molecule has 0 atom stereocenters. The van der Waals surface area contributed by atoms with Crippen LogP contribution < -0.4 is 14.9 Å². The van der Waals surface area contributed by atoms with Crippen LogP contribution in [0.5, 0.6) is 0 Å². The van der Waals surface area contributed by atoms with Gasteiger partial charge in [-0.3, -0.25) is 4.79 Å². The van der Waals surface area contributed by atoms with Crippen LogP contribution in [-0.4, -0.2) is 34.5 Å². The Morgan fingerprint density at radius 2 is 1.61 bits per heavy atom. The molecule has 3 rings (SSSR count). The zero-order valence-corrected chi connectivity index (χ0v) is 16.7. The predicted molar refractivity (Wildman–Crippen MR) is 113 cm³/mol. The topological polar surface area (TPSA) is 78.5 Å². The third kappa shape index (κ3) is 5.21. The van der Waals surface area contributed by atoms with E-state index in [9.17, 15) is 13.2 Å². The Hall–Kier alpha value is -2.64. The van der Waals surface area contributed by atoms with Crippen molar-refractivity contribution in [1.29, 1.82) is 0 Å². The van der Waals surface area contributed by atoms with Gasteiger partial charge >= 0.3 is 0 Å². The van der Waals surface area contributed by atoms with Gasteiger partial charge in [-0.25, -0.2) is 13.1 Å². The molecule has 0 aromatic heterocycles. The summed E-state index contributed by atoms with van der Waals surface area (Å²) in [6.07, 6.45) is 6.83. The summed E-state index contributed by atoms with van der Waals surface area (Å²) < 4.78 is 25.7. The average Bonchev–Trinajstić information content (AvgIpc) is 2.74. The number of carbonyl (C=O) groups excluding carboxylic acids is 1. The number of anilines is 2. The van der Waals surface area contributed by atoms with E-state index in [2.05, 4.69) is 14.9 Å². The fourth-order valence-electron chi connectivity index (χ4n) is 3.14. The number of nitrogens with zero attached hydrogens (tertiary/aromatic N) is 1. The molecule has 1 fully saturated rings. The van der Waals surface area contributed by atoms with Crippen molar-refractivity contribution in [3.8, 4) is 0 Å². The minimum absolute atomic E-state index is 0.186. The Morgan fingerprint density at radius 1 is 0.964 bits per heavy atom. The van der Waals surface area contributed by atoms with Crippen molar-refractivity contribution in [1.82, 2.24) is 4.72 Å². The monoisotopic (exact) mass is 399 g/mol. The molecule has 0 radical (unpaired) electrons. The van der Waals surface area contributed by atoms with Gasteiger partial charge in [-0.1, -0.05) is 12.1 Å². The molecule has 148 valence electrons. The highest BCUT2D eigenvalue weighted by molar-refractivity contribution is 7.89. The Labute approximate surface area is 166 Å². The molecule has 7 heteroatoms. The zero-order valence-electron chi connectivity index (χ0n) is 15.9. The third-order valence-electron chi connectivity index (χ3n) is 4.74. The van der Waals surface area contributed by atoms with Crippen molar-refractivity contribution in [2.45, 2.75) is 24.2 Å². The molecule has 0 spiro atoms. The normalized spacial score (nSPS) is 15.0. The van der Waals surface area contributed by atoms with Gasteiger partial charge in [-0.15, -0.1) is 0 Å². The SMILES string of the molecule is CNS(=O)(=O)c1ccc(/C=C/C(=O)Nc2ccc(N3CCCCC3)cc2)cc1. The molecule has 2 aromatic rings. The van der Waals surface area contributed by atoms with E-state index in [1.165, 1.54) is 50.2 Å². The van der Waals surface area contributed by atoms with Crippen molar-refractivity contribution in [2.75, 3.05) is 30.4 Å². The van der Waals surface area contributed by atoms with Gasteiger partial charge in [-0.05, 0) is 74.3 Å². The number of benzene rings is 2. The molecule has 1 heterocycles. The highest BCUT2D eigenvalue weighted by Crippen LogP contribution is 2.21. The quantitative estimate of drug-likeness (QED) is 0.731. The van der Waals surface area contributed by atoms with Crippen LogP contribution in [0.3, 0.4) is 0 Å². The number of piperidine rings is 1. The number of rotatable bonds is 6. The first-order valence-corrected chi connectivity index (χ1v) is 10.8. The fourth-order valence-corrected chi connectivity index (χ4v) is 3.87. The van der Waals surface area contributed by atoms with Crippen LogP contribution in [0.4, 0.5) is 11.4 Å². The van der Waals surface area contributed by atoms with E-state index in [-0.39, 0.29) is 10.8 Å². The first kappa shape index (κ1) is 20.1. The van der Waals surface area contributed by atoms with Gasteiger partial charge in [0.1, 0.15) is 0 Å². The largest absolute Gasteiger partial charge is 0.372 e. The van der Waals surface area contributed by atoms with Gasteiger partial charge in [-0.2, -0.15) is 0 Å². The fraction of sp³-hybridized carbons (Fsp3) is 0.286. The van der Waals surface area contributed by atoms with Gasteiger partial charge in [0.05, 0.1) is 4.90 Å². The second-order valence-corrected chi connectivity index (χ2v) is 8.58. The first-order chi connectivity index (χ1) is 13.5. The van der Waals surface area contributed by atoms with E-state index in [4.69, 9.17) is 0 Å². The van der Waals surface area contributed by atoms with Gasteiger partial charge in [0.25, 0.3) is 0 Å². The summed E-state index contributed by atoms with van der Waals surface area (Å²) in [6.45, 7) is 2.17. The van der Waals surface area contributed by atoms with Crippen LogP contribution in [0.1, 0.15) is 24.8 Å². The lowest BCUT2D eigenvalue weighted by atomic mass is 10.1. The molecule has 1 aliphatic rings. The lowest BCUT2D eigenvalue weighted by molar-refractivity contribution is -0.111. The van der Waals surface area contributed by atoms with E-state index in [0.29, 0.717) is 0 Å². The maximum Gasteiger partial charge on any atom is 0.248 e. The summed E-state index contributed by atoms with van der Waals surface area (Å²) in [7, 11) is -2.09. The molecule has 1 amide bonds. The highest BCUT2D eigenvalue weighted by atomic mass is 32.2. The van der Waals surface area contributed by atoms with E-state index in [0.717, 1.165) is 24.3 Å². The molecule has 28 heavy (non-hydrogen) atoms. The molecule has 2 N–H and O–H groups in total.